The number of halogens is 1. The van der Waals surface area contributed by atoms with Crippen molar-refractivity contribution in [3.05, 3.63) is 57.7 Å². The van der Waals surface area contributed by atoms with Crippen LogP contribution in [0.15, 0.2) is 48.5 Å². The topological polar surface area (TPSA) is 105 Å². The van der Waals surface area contributed by atoms with Crippen molar-refractivity contribution in [2.75, 3.05) is 30.5 Å². The second-order valence-corrected chi connectivity index (χ2v) is 8.81. The Hall–Kier alpha value is -3.06. The van der Waals surface area contributed by atoms with Gasteiger partial charge in [-0.2, -0.15) is 0 Å². The largest absolute Gasteiger partial charge is 0.468 e. The SMILES string of the molecule is CCOC(=O)c1ccc(N2C(=O)C(CC(=O)Nc3ccc(I)cc3)N(CC(=O)OC)C2=S)cc1. The molecule has 11 heteroatoms. The predicted octanol–water partition coefficient (Wildman–Crippen LogP) is 2.97. The summed E-state index contributed by atoms with van der Waals surface area (Å²) < 4.78 is 10.7. The minimum atomic E-state index is -1.000. The van der Waals surface area contributed by atoms with E-state index in [4.69, 9.17) is 21.7 Å². The van der Waals surface area contributed by atoms with Crippen molar-refractivity contribution in [3.8, 4) is 0 Å². The van der Waals surface area contributed by atoms with Gasteiger partial charge in [0.05, 0.1) is 31.4 Å². The van der Waals surface area contributed by atoms with Crippen LogP contribution in [0.25, 0.3) is 0 Å². The van der Waals surface area contributed by atoms with Gasteiger partial charge in [0, 0.05) is 9.26 Å². The molecular weight excluding hydrogens is 573 g/mol. The van der Waals surface area contributed by atoms with Gasteiger partial charge >= 0.3 is 11.9 Å². The molecule has 2 aromatic carbocycles. The Morgan fingerprint density at radius 2 is 1.74 bits per heavy atom. The van der Waals surface area contributed by atoms with Crippen LogP contribution >= 0.6 is 34.8 Å². The zero-order valence-corrected chi connectivity index (χ0v) is 21.4. The van der Waals surface area contributed by atoms with Crippen LogP contribution in [-0.2, 0) is 23.9 Å². The number of hydrogen-bond donors (Lipinski definition) is 1. The fourth-order valence-electron chi connectivity index (χ4n) is 3.34. The van der Waals surface area contributed by atoms with Crippen LogP contribution in [0.3, 0.4) is 0 Å². The van der Waals surface area contributed by atoms with E-state index in [1.54, 1.807) is 31.2 Å². The zero-order valence-electron chi connectivity index (χ0n) is 18.4. The highest BCUT2D eigenvalue weighted by Gasteiger charge is 2.45. The quantitative estimate of drug-likeness (QED) is 0.282. The van der Waals surface area contributed by atoms with Crippen molar-refractivity contribution in [2.24, 2.45) is 0 Å². The summed E-state index contributed by atoms with van der Waals surface area (Å²) in [7, 11) is 1.23. The van der Waals surface area contributed by atoms with Gasteiger partial charge in [0.1, 0.15) is 12.6 Å². The lowest BCUT2D eigenvalue weighted by molar-refractivity contribution is -0.141. The van der Waals surface area contributed by atoms with Crippen molar-refractivity contribution in [1.29, 1.82) is 0 Å². The Morgan fingerprint density at radius 1 is 1.09 bits per heavy atom. The molecule has 1 N–H and O–H groups in total. The minimum Gasteiger partial charge on any atom is -0.468 e. The molecule has 1 unspecified atom stereocenters. The Morgan fingerprint density at radius 3 is 2.32 bits per heavy atom. The molecule has 1 heterocycles. The van der Waals surface area contributed by atoms with Crippen LogP contribution in [0, 0.1) is 3.57 Å². The number of esters is 2. The molecular formula is C23H22IN3O6S. The summed E-state index contributed by atoms with van der Waals surface area (Å²) in [5, 5.41) is 2.82. The summed E-state index contributed by atoms with van der Waals surface area (Å²) in [4.78, 5) is 52.6. The maximum absolute atomic E-state index is 13.3. The van der Waals surface area contributed by atoms with Crippen molar-refractivity contribution in [2.45, 2.75) is 19.4 Å². The lowest BCUT2D eigenvalue weighted by atomic mass is 10.1. The van der Waals surface area contributed by atoms with E-state index >= 15 is 0 Å². The predicted molar refractivity (Wildman–Crippen MR) is 137 cm³/mol. The Labute approximate surface area is 215 Å². The van der Waals surface area contributed by atoms with Gasteiger partial charge in [0.25, 0.3) is 5.91 Å². The summed E-state index contributed by atoms with van der Waals surface area (Å²) in [5.74, 6) is -1.95. The van der Waals surface area contributed by atoms with Gasteiger partial charge in [-0.1, -0.05) is 0 Å². The number of thiocarbonyl (C=S) groups is 1. The number of anilines is 2. The molecule has 0 saturated carbocycles. The van der Waals surface area contributed by atoms with Crippen molar-refractivity contribution in [3.63, 3.8) is 0 Å². The first-order chi connectivity index (χ1) is 16.2. The Bertz CT molecular complexity index is 1110. The van der Waals surface area contributed by atoms with Gasteiger partial charge < -0.3 is 19.7 Å². The zero-order chi connectivity index (χ0) is 24.8. The third kappa shape index (κ3) is 5.89. The highest BCUT2D eigenvalue weighted by molar-refractivity contribution is 14.1. The summed E-state index contributed by atoms with van der Waals surface area (Å²) in [5.41, 5.74) is 1.31. The van der Waals surface area contributed by atoms with Gasteiger partial charge in [-0.25, -0.2) is 4.79 Å². The summed E-state index contributed by atoms with van der Waals surface area (Å²) >= 11 is 7.64. The highest BCUT2D eigenvalue weighted by atomic mass is 127. The highest BCUT2D eigenvalue weighted by Crippen LogP contribution is 2.28. The Balaban J connectivity index is 1.82. The van der Waals surface area contributed by atoms with Crippen LogP contribution in [0.4, 0.5) is 11.4 Å². The van der Waals surface area contributed by atoms with Crippen LogP contribution in [-0.4, -0.2) is 60.1 Å². The van der Waals surface area contributed by atoms with Crippen LogP contribution in [0.1, 0.15) is 23.7 Å². The minimum absolute atomic E-state index is 0.0614. The first kappa shape index (κ1) is 25.6. The molecule has 0 radical (unpaired) electrons. The number of carbonyl (C=O) groups excluding carboxylic acids is 4. The molecule has 3 rings (SSSR count). The van der Waals surface area contributed by atoms with E-state index in [0.717, 1.165) is 3.57 Å². The molecule has 1 aliphatic heterocycles. The lowest BCUT2D eigenvalue weighted by Gasteiger charge is -2.22. The molecule has 1 atom stereocenters. The molecule has 178 valence electrons. The van der Waals surface area contributed by atoms with Gasteiger partial charge in [0.2, 0.25) is 5.91 Å². The van der Waals surface area contributed by atoms with E-state index in [1.807, 2.05) is 12.1 Å². The average molecular weight is 595 g/mol. The normalized spacial score (nSPS) is 15.3. The van der Waals surface area contributed by atoms with E-state index in [9.17, 15) is 19.2 Å². The van der Waals surface area contributed by atoms with Gasteiger partial charge in [0.15, 0.2) is 5.11 Å². The fourth-order valence-corrected chi connectivity index (χ4v) is 4.08. The molecule has 1 aliphatic rings. The van der Waals surface area contributed by atoms with Crippen molar-refractivity contribution in [1.82, 2.24) is 4.90 Å². The maximum atomic E-state index is 13.3. The molecule has 1 fully saturated rings. The summed E-state index contributed by atoms with van der Waals surface area (Å²) in [6.45, 7) is 1.65. The monoisotopic (exact) mass is 595 g/mol. The lowest BCUT2D eigenvalue weighted by Crippen LogP contribution is -2.41. The number of ether oxygens (including phenoxy) is 2. The van der Waals surface area contributed by atoms with E-state index in [1.165, 1.54) is 29.0 Å². The number of hydrogen-bond acceptors (Lipinski definition) is 7. The smallest absolute Gasteiger partial charge is 0.338 e. The van der Waals surface area contributed by atoms with Gasteiger partial charge in [-0.15, -0.1) is 0 Å². The molecule has 1 saturated heterocycles. The maximum Gasteiger partial charge on any atom is 0.338 e. The van der Waals surface area contributed by atoms with E-state index in [-0.39, 0.29) is 24.7 Å². The third-order valence-electron chi connectivity index (χ3n) is 4.99. The molecule has 34 heavy (non-hydrogen) atoms. The molecule has 0 aliphatic carbocycles. The average Bonchev–Trinajstić information content (AvgIpc) is 3.04. The second-order valence-electron chi connectivity index (χ2n) is 7.20. The number of rotatable bonds is 8. The number of nitrogens with zero attached hydrogens (tertiary/aromatic N) is 2. The Kier molecular flexibility index (Phi) is 8.56. The number of methoxy groups -OCH3 is 1. The molecule has 0 spiro atoms. The number of benzene rings is 2. The van der Waals surface area contributed by atoms with Gasteiger partial charge in [-0.05, 0) is 90.3 Å². The van der Waals surface area contributed by atoms with Crippen LogP contribution in [0.2, 0.25) is 0 Å². The van der Waals surface area contributed by atoms with E-state index in [2.05, 4.69) is 27.9 Å². The van der Waals surface area contributed by atoms with Crippen LogP contribution < -0.4 is 10.2 Å². The van der Waals surface area contributed by atoms with Crippen molar-refractivity contribution >= 4 is 75.0 Å². The van der Waals surface area contributed by atoms with Crippen LogP contribution in [0.5, 0.6) is 0 Å². The van der Waals surface area contributed by atoms with E-state index in [0.29, 0.717) is 16.9 Å². The summed E-state index contributed by atoms with van der Waals surface area (Å²) in [6.07, 6.45) is -0.223. The molecule has 2 amide bonds. The van der Waals surface area contributed by atoms with Crippen molar-refractivity contribution < 1.29 is 28.7 Å². The first-order valence-corrected chi connectivity index (χ1v) is 11.8. The number of amides is 2. The van der Waals surface area contributed by atoms with E-state index < -0.39 is 29.8 Å². The third-order valence-corrected chi connectivity index (χ3v) is 6.13. The van der Waals surface area contributed by atoms with Gasteiger partial charge in [-0.3, -0.25) is 19.3 Å². The summed E-state index contributed by atoms with van der Waals surface area (Å²) in [6, 6.07) is 12.3. The second kappa shape index (κ2) is 11.4. The standard InChI is InChI=1S/C23H22IN3O6S/c1-3-33-22(31)14-4-10-17(11-5-14)27-21(30)18(26(23(27)34)13-20(29)32-2)12-19(28)25-16-8-6-15(24)7-9-16/h4-11,18H,3,12-13H2,1-2H3,(H,25,28). The molecule has 9 nitrogen and oxygen atoms in total. The molecule has 2 aromatic rings. The molecule has 0 bridgehead atoms. The molecule has 0 aromatic heterocycles. The first-order valence-electron chi connectivity index (χ1n) is 10.3. The number of nitrogens with one attached hydrogen (secondary N) is 1. The number of carbonyl (C=O) groups is 4. The fraction of sp³-hybridized carbons (Fsp3) is 0.261.